The minimum absolute atomic E-state index is 0.155. The Labute approximate surface area is 126 Å². The molecule has 0 saturated carbocycles. The van der Waals surface area contributed by atoms with Crippen LogP contribution in [0.25, 0.3) is 0 Å². The van der Waals surface area contributed by atoms with Gasteiger partial charge >= 0.3 is 0 Å². The zero-order chi connectivity index (χ0) is 14.4. The van der Waals surface area contributed by atoms with Crippen molar-refractivity contribution in [1.82, 2.24) is 9.97 Å². The summed E-state index contributed by atoms with van der Waals surface area (Å²) in [5.41, 5.74) is 0.539. The topological polar surface area (TPSA) is 66.9 Å². The summed E-state index contributed by atoms with van der Waals surface area (Å²) in [7, 11) is 0. The van der Waals surface area contributed by atoms with Crippen molar-refractivity contribution in [3.05, 3.63) is 46.7 Å². The van der Waals surface area contributed by atoms with Crippen LogP contribution in [0.1, 0.15) is 6.42 Å². The van der Waals surface area contributed by atoms with E-state index in [0.29, 0.717) is 28.2 Å². The average Bonchev–Trinajstić information content (AvgIpc) is 2.43. The molecule has 104 valence electrons. The third-order valence-electron chi connectivity index (χ3n) is 2.41. The number of nitrogens with zero attached hydrogens (tertiary/aromatic N) is 2. The third kappa shape index (κ3) is 4.36. The minimum atomic E-state index is -0.155. The molecule has 1 aromatic heterocycles. The lowest BCUT2D eigenvalue weighted by Crippen LogP contribution is -2.17. The van der Waals surface area contributed by atoms with Gasteiger partial charge in [0.25, 0.3) is 0 Å². The molecule has 0 aliphatic heterocycles. The fraction of sp³-hybridized carbons (Fsp3) is 0.154. The van der Waals surface area contributed by atoms with Gasteiger partial charge in [-0.2, -0.15) is 0 Å². The molecule has 1 heterocycles. The first-order valence-electron chi connectivity index (χ1n) is 5.91. The van der Waals surface area contributed by atoms with Crippen LogP contribution in [0, 0.1) is 0 Å². The molecule has 5 nitrogen and oxygen atoms in total. The Kier molecular flexibility index (Phi) is 5.15. The number of hydrogen-bond donors (Lipinski definition) is 2. The van der Waals surface area contributed by atoms with Crippen molar-refractivity contribution >= 4 is 40.7 Å². The molecule has 7 heteroatoms. The Morgan fingerprint density at radius 2 is 1.95 bits per heavy atom. The van der Waals surface area contributed by atoms with Gasteiger partial charge in [0.15, 0.2) is 0 Å². The standard InChI is InChI=1S/C13H12Cl2N4O/c14-9-2-3-11(10(15)8-9)19-12(20)4-7-18-13-16-5-1-6-17-13/h1-3,5-6,8H,4,7H2,(H,19,20)(H,16,17,18). The number of carbonyl (C=O) groups excluding carboxylic acids is 1. The van der Waals surface area contributed by atoms with E-state index in [1.54, 1.807) is 36.7 Å². The summed E-state index contributed by atoms with van der Waals surface area (Å²) in [6, 6.07) is 6.63. The predicted octanol–water partition coefficient (Wildman–Crippen LogP) is 3.22. The number of rotatable bonds is 5. The average molecular weight is 311 g/mol. The number of amides is 1. The normalized spacial score (nSPS) is 10.1. The quantitative estimate of drug-likeness (QED) is 0.889. The number of benzene rings is 1. The Morgan fingerprint density at radius 1 is 1.20 bits per heavy atom. The fourth-order valence-electron chi connectivity index (χ4n) is 1.48. The van der Waals surface area contributed by atoms with Crippen molar-refractivity contribution < 1.29 is 4.79 Å². The summed E-state index contributed by atoms with van der Waals surface area (Å²) in [6.07, 6.45) is 3.53. The van der Waals surface area contributed by atoms with Gasteiger partial charge in [-0.15, -0.1) is 0 Å². The first-order valence-corrected chi connectivity index (χ1v) is 6.66. The predicted molar refractivity (Wildman–Crippen MR) is 80.2 cm³/mol. The molecular weight excluding hydrogens is 299 g/mol. The second kappa shape index (κ2) is 7.07. The molecule has 2 N–H and O–H groups in total. The molecule has 2 rings (SSSR count). The number of anilines is 2. The van der Waals surface area contributed by atoms with Gasteiger partial charge in [-0.1, -0.05) is 23.2 Å². The van der Waals surface area contributed by atoms with Gasteiger partial charge in [0.05, 0.1) is 10.7 Å². The van der Waals surface area contributed by atoms with E-state index >= 15 is 0 Å². The van der Waals surface area contributed by atoms with Crippen molar-refractivity contribution in [1.29, 1.82) is 0 Å². The van der Waals surface area contributed by atoms with Crippen molar-refractivity contribution in [2.45, 2.75) is 6.42 Å². The summed E-state index contributed by atoms with van der Waals surface area (Å²) in [4.78, 5) is 19.7. The second-order valence-electron chi connectivity index (χ2n) is 3.92. The molecule has 1 amide bonds. The molecule has 1 aromatic carbocycles. The molecule has 0 aliphatic carbocycles. The van der Waals surface area contributed by atoms with E-state index in [1.165, 1.54) is 0 Å². The zero-order valence-electron chi connectivity index (χ0n) is 10.4. The van der Waals surface area contributed by atoms with Crippen LogP contribution in [-0.4, -0.2) is 22.4 Å². The largest absolute Gasteiger partial charge is 0.354 e. The van der Waals surface area contributed by atoms with Crippen LogP contribution < -0.4 is 10.6 Å². The first-order chi connectivity index (χ1) is 9.65. The van der Waals surface area contributed by atoms with Crippen molar-refractivity contribution in [2.24, 2.45) is 0 Å². The highest BCUT2D eigenvalue weighted by Gasteiger charge is 2.06. The molecule has 0 spiro atoms. The Bertz CT molecular complexity index is 592. The van der Waals surface area contributed by atoms with Crippen LogP contribution in [0.2, 0.25) is 10.0 Å². The maximum Gasteiger partial charge on any atom is 0.226 e. The number of nitrogens with one attached hydrogen (secondary N) is 2. The number of aromatic nitrogens is 2. The Morgan fingerprint density at radius 3 is 2.65 bits per heavy atom. The molecule has 0 fully saturated rings. The summed E-state index contributed by atoms with van der Waals surface area (Å²) in [6.45, 7) is 0.432. The molecule has 2 aromatic rings. The van der Waals surface area contributed by atoms with Gasteiger partial charge in [0.1, 0.15) is 0 Å². The van der Waals surface area contributed by atoms with Gasteiger partial charge in [-0.3, -0.25) is 4.79 Å². The van der Waals surface area contributed by atoms with E-state index in [-0.39, 0.29) is 12.3 Å². The third-order valence-corrected chi connectivity index (χ3v) is 2.95. The lowest BCUT2D eigenvalue weighted by atomic mass is 10.3. The Balaban J connectivity index is 1.81. The molecule has 0 unspecified atom stereocenters. The van der Waals surface area contributed by atoms with Gasteiger partial charge in [0, 0.05) is 30.4 Å². The van der Waals surface area contributed by atoms with E-state index in [2.05, 4.69) is 20.6 Å². The van der Waals surface area contributed by atoms with Crippen LogP contribution in [0.5, 0.6) is 0 Å². The fourth-order valence-corrected chi connectivity index (χ4v) is 1.94. The number of hydrogen-bond acceptors (Lipinski definition) is 4. The Hall–Kier alpha value is -1.85. The number of carbonyl (C=O) groups is 1. The molecule has 0 saturated heterocycles. The van der Waals surface area contributed by atoms with Crippen LogP contribution in [0.15, 0.2) is 36.7 Å². The van der Waals surface area contributed by atoms with E-state index in [9.17, 15) is 4.79 Å². The highest BCUT2D eigenvalue weighted by Crippen LogP contribution is 2.25. The van der Waals surface area contributed by atoms with E-state index in [0.717, 1.165) is 0 Å². The lowest BCUT2D eigenvalue weighted by Gasteiger charge is -2.08. The highest BCUT2D eigenvalue weighted by atomic mass is 35.5. The second-order valence-corrected chi connectivity index (χ2v) is 4.77. The monoisotopic (exact) mass is 310 g/mol. The molecule has 0 radical (unpaired) electrons. The minimum Gasteiger partial charge on any atom is -0.354 e. The summed E-state index contributed by atoms with van der Waals surface area (Å²) in [5, 5.41) is 6.59. The highest BCUT2D eigenvalue weighted by molar-refractivity contribution is 6.36. The maximum absolute atomic E-state index is 11.8. The number of halogens is 2. The van der Waals surface area contributed by atoms with Crippen molar-refractivity contribution in [3.63, 3.8) is 0 Å². The van der Waals surface area contributed by atoms with E-state index in [4.69, 9.17) is 23.2 Å². The summed E-state index contributed by atoms with van der Waals surface area (Å²) in [5.74, 6) is 0.336. The zero-order valence-corrected chi connectivity index (χ0v) is 11.9. The van der Waals surface area contributed by atoms with E-state index in [1.807, 2.05) is 0 Å². The summed E-state index contributed by atoms with van der Waals surface area (Å²) < 4.78 is 0. The van der Waals surface area contributed by atoms with Crippen LogP contribution in [0.3, 0.4) is 0 Å². The molecule has 20 heavy (non-hydrogen) atoms. The molecule has 0 bridgehead atoms. The van der Waals surface area contributed by atoms with Crippen LogP contribution >= 0.6 is 23.2 Å². The smallest absolute Gasteiger partial charge is 0.226 e. The van der Waals surface area contributed by atoms with Gasteiger partial charge in [-0.25, -0.2) is 9.97 Å². The van der Waals surface area contributed by atoms with Crippen molar-refractivity contribution in [3.8, 4) is 0 Å². The van der Waals surface area contributed by atoms with Crippen LogP contribution in [0.4, 0.5) is 11.6 Å². The summed E-state index contributed by atoms with van der Waals surface area (Å²) >= 11 is 11.8. The van der Waals surface area contributed by atoms with Gasteiger partial charge < -0.3 is 10.6 Å². The van der Waals surface area contributed by atoms with Crippen molar-refractivity contribution in [2.75, 3.05) is 17.2 Å². The molecule has 0 aliphatic rings. The van der Waals surface area contributed by atoms with Gasteiger partial charge in [-0.05, 0) is 24.3 Å². The van der Waals surface area contributed by atoms with E-state index < -0.39 is 0 Å². The van der Waals surface area contributed by atoms with Crippen LogP contribution in [-0.2, 0) is 4.79 Å². The molecular formula is C13H12Cl2N4O. The maximum atomic E-state index is 11.8. The lowest BCUT2D eigenvalue weighted by molar-refractivity contribution is -0.115. The van der Waals surface area contributed by atoms with Gasteiger partial charge in [0.2, 0.25) is 11.9 Å². The molecule has 0 atom stereocenters. The SMILES string of the molecule is O=C(CCNc1ncccn1)Nc1ccc(Cl)cc1Cl. The first kappa shape index (κ1) is 14.6.